The molecule has 0 spiro atoms. The number of carbonyl (C=O) groups excluding carboxylic acids is 3. The summed E-state index contributed by atoms with van der Waals surface area (Å²) in [5.41, 5.74) is 6.69. The monoisotopic (exact) mass is 1150 g/mol. The number of fused-ring (bicyclic) bond motifs is 2. The van der Waals surface area contributed by atoms with E-state index in [-0.39, 0.29) is 52.9 Å². The molecule has 2 amide bonds. The Morgan fingerprint density at radius 1 is 0.562 bits per heavy atom. The number of phenolic OH excluding ortho intramolecular Hbond substituents is 1. The SMILES string of the molecule is COC(=O)c1ccc(NC(=O)C2CCCN(c3nc(Nc4ccc(OC)c(OC)c4)c4ncsc4n3)C2)cc1O.COc1ccc(Nc2nc(N3CCCC(C(=O)Nc4ccc(C(=O)O)c(O)c4)C3)nc3scnc23)cc1OC.Cl. The summed E-state index contributed by atoms with van der Waals surface area (Å²) in [6.07, 6.45) is 2.88. The van der Waals surface area contributed by atoms with Gasteiger partial charge in [0.05, 0.1) is 58.4 Å². The van der Waals surface area contributed by atoms with Gasteiger partial charge < -0.3 is 70.1 Å². The number of piperidine rings is 2. The molecule has 80 heavy (non-hydrogen) atoms. The van der Waals surface area contributed by atoms with E-state index < -0.39 is 17.7 Å². The molecule has 2 aliphatic rings. The van der Waals surface area contributed by atoms with E-state index in [1.807, 2.05) is 28.0 Å². The van der Waals surface area contributed by atoms with Gasteiger partial charge in [0, 0.05) is 73.2 Å². The number of rotatable bonds is 16. The molecule has 6 heterocycles. The van der Waals surface area contributed by atoms with E-state index in [0.717, 1.165) is 29.0 Å². The average Bonchev–Trinajstić information content (AvgIpc) is 4.16. The highest BCUT2D eigenvalue weighted by molar-refractivity contribution is 7.16. The standard InChI is InChI=1S/C27H28N6O6S.C26H26N6O6S.ClH/c1-37-20-9-7-17(12-21(20)38-2)29-23-22-25(40-14-28-22)32-27(31-23)33-10-4-5-15(13-33)24(35)30-16-6-8-18(19(34)11-16)26(36)39-3;1-37-19-8-6-16(11-20(19)38-2)28-22-21-24(39-13-27-21)31-26(30-22)32-9-3-4-14(12-32)23(34)29-15-5-7-17(25(35)36)18(33)10-15;/h6-9,11-12,14-15,34H,4-5,10,13H2,1-3H3,(H,30,35)(H,29,31,32);5-8,10-11,13-14,33H,3-4,9,12H2,1-2H3,(H,29,34)(H,35,36)(H,28,30,31);1H. The summed E-state index contributed by atoms with van der Waals surface area (Å²) in [5.74, 6) is 0.724. The number of carbonyl (C=O) groups is 4. The first kappa shape index (κ1) is 57.2. The summed E-state index contributed by atoms with van der Waals surface area (Å²) in [7, 11) is 7.53. The number of aromatic hydroxyl groups is 2. The van der Waals surface area contributed by atoms with Crippen LogP contribution >= 0.6 is 35.1 Å². The molecule has 4 aromatic carbocycles. The highest BCUT2D eigenvalue weighted by Crippen LogP contribution is 2.37. The van der Waals surface area contributed by atoms with Gasteiger partial charge in [-0.2, -0.15) is 19.9 Å². The molecule has 2 aliphatic heterocycles. The van der Waals surface area contributed by atoms with Gasteiger partial charge in [-0.3, -0.25) is 9.59 Å². The first-order valence-electron chi connectivity index (χ1n) is 24.6. The number of ether oxygens (including phenoxy) is 5. The summed E-state index contributed by atoms with van der Waals surface area (Å²) in [6, 6.07) is 19.2. The number of carboxylic acids is 1. The number of carboxylic acid groups (broad SMARTS) is 1. The smallest absolute Gasteiger partial charge is 0.341 e. The lowest BCUT2D eigenvalue weighted by molar-refractivity contribution is -0.120. The zero-order valence-electron chi connectivity index (χ0n) is 43.7. The van der Waals surface area contributed by atoms with Crippen LogP contribution in [0.1, 0.15) is 46.4 Å². The number of methoxy groups -OCH3 is 5. The lowest BCUT2D eigenvalue weighted by atomic mass is 9.97. The fourth-order valence-electron chi connectivity index (χ4n) is 8.98. The number of aromatic carboxylic acids is 1. The Hall–Kier alpha value is -9.01. The summed E-state index contributed by atoms with van der Waals surface area (Å²) in [5, 5.41) is 41.5. The van der Waals surface area contributed by atoms with E-state index in [2.05, 4.69) is 36.0 Å². The zero-order valence-corrected chi connectivity index (χ0v) is 46.2. The fraction of sp³-hybridized carbons (Fsp3) is 0.283. The first-order valence-corrected chi connectivity index (χ1v) is 26.3. The van der Waals surface area contributed by atoms with Gasteiger partial charge >= 0.3 is 11.9 Å². The average molecular weight is 1150 g/mol. The first-order chi connectivity index (χ1) is 38.2. The number of phenols is 2. The molecule has 10 rings (SSSR count). The molecule has 2 unspecified atom stereocenters. The van der Waals surface area contributed by atoms with Gasteiger partial charge in [-0.15, -0.1) is 35.1 Å². The van der Waals surface area contributed by atoms with Crippen molar-refractivity contribution in [3.63, 3.8) is 0 Å². The number of aromatic nitrogens is 6. The number of thiazole rings is 2. The van der Waals surface area contributed by atoms with Crippen LogP contribution in [0.3, 0.4) is 0 Å². The third kappa shape index (κ3) is 12.9. The molecule has 4 aromatic heterocycles. The number of nitrogens with one attached hydrogen (secondary N) is 4. The maximum Gasteiger partial charge on any atom is 0.341 e. The van der Waals surface area contributed by atoms with Crippen molar-refractivity contribution in [3.8, 4) is 34.5 Å². The lowest BCUT2D eigenvalue weighted by Crippen LogP contribution is -2.41. The quantitative estimate of drug-likeness (QED) is 0.0445. The predicted molar refractivity (Wildman–Crippen MR) is 305 cm³/mol. The summed E-state index contributed by atoms with van der Waals surface area (Å²) in [6.45, 7) is 2.18. The summed E-state index contributed by atoms with van der Waals surface area (Å²) < 4.78 is 26.1. The molecular formula is C53H55ClN12O12S2. The van der Waals surface area contributed by atoms with E-state index >= 15 is 0 Å². The highest BCUT2D eigenvalue weighted by Gasteiger charge is 2.31. The van der Waals surface area contributed by atoms with Crippen molar-refractivity contribution in [1.29, 1.82) is 0 Å². The Morgan fingerprint density at radius 2 is 0.988 bits per heavy atom. The number of hydrogen-bond donors (Lipinski definition) is 7. The highest BCUT2D eigenvalue weighted by atomic mass is 35.5. The van der Waals surface area contributed by atoms with Crippen molar-refractivity contribution in [2.75, 3.05) is 92.8 Å². The number of amides is 2. The van der Waals surface area contributed by atoms with Crippen molar-refractivity contribution < 1.29 is 58.2 Å². The molecule has 27 heteroatoms. The van der Waals surface area contributed by atoms with Crippen LogP contribution in [-0.4, -0.2) is 131 Å². The summed E-state index contributed by atoms with van der Waals surface area (Å²) >= 11 is 2.81. The van der Waals surface area contributed by atoms with Crippen LogP contribution in [0, 0.1) is 11.8 Å². The molecule has 24 nitrogen and oxygen atoms in total. The fourth-order valence-corrected chi connectivity index (χ4v) is 10.3. The third-order valence-corrected chi connectivity index (χ3v) is 14.4. The van der Waals surface area contributed by atoms with E-state index in [1.165, 1.54) is 60.1 Å². The Labute approximate surface area is 471 Å². The van der Waals surface area contributed by atoms with E-state index in [0.29, 0.717) is 113 Å². The molecule has 0 bridgehead atoms. The molecule has 2 saturated heterocycles. The molecule has 2 atom stereocenters. The number of anilines is 8. The molecular weight excluding hydrogens is 1100 g/mol. The number of halogens is 1. The number of nitrogens with zero attached hydrogens (tertiary/aromatic N) is 8. The number of benzene rings is 4. The van der Waals surface area contributed by atoms with Gasteiger partial charge in [-0.25, -0.2) is 19.6 Å². The second kappa shape index (κ2) is 25.6. The Balaban J connectivity index is 0.000000208. The van der Waals surface area contributed by atoms with Crippen molar-refractivity contribution in [2.24, 2.45) is 11.8 Å². The van der Waals surface area contributed by atoms with E-state index in [1.54, 1.807) is 63.7 Å². The molecule has 2 fully saturated rings. The van der Waals surface area contributed by atoms with Crippen LogP contribution < -0.4 is 50.0 Å². The van der Waals surface area contributed by atoms with Crippen molar-refractivity contribution in [2.45, 2.75) is 25.7 Å². The van der Waals surface area contributed by atoms with Crippen LogP contribution in [0.2, 0.25) is 0 Å². The Kier molecular flexibility index (Phi) is 18.3. The normalized spacial score (nSPS) is 14.9. The zero-order chi connectivity index (χ0) is 55.7. The number of esters is 1. The second-order valence-electron chi connectivity index (χ2n) is 18.0. The maximum atomic E-state index is 13.1. The minimum Gasteiger partial charge on any atom is -0.507 e. The van der Waals surface area contributed by atoms with Gasteiger partial charge in [-0.1, -0.05) is 0 Å². The maximum absolute atomic E-state index is 13.1. The van der Waals surface area contributed by atoms with E-state index in [9.17, 15) is 29.4 Å². The van der Waals surface area contributed by atoms with Crippen LogP contribution in [0.4, 0.5) is 46.3 Å². The van der Waals surface area contributed by atoms with E-state index in [4.69, 9.17) is 44.0 Å². The topological polar surface area (TPSA) is 307 Å². The van der Waals surface area contributed by atoms with Gasteiger partial charge in [-0.05, 0) is 74.2 Å². The molecule has 0 radical (unpaired) electrons. The summed E-state index contributed by atoms with van der Waals surface area (Å²) in [4.78, 5) is 82.3. The van der Waals surface area contributed by atoms with Crippen molar-refractivity contribution >= 4 is 126 Å². The predicted octanol–water partition coefficient (Wildman–Crippen LogP) is 8.72. The van der Waals surface area contributed by atoms with Crippen LogP contribution in [0.25, 0.3) is 20.7 Å². The van der Waals surface area contributed by atoms with Gasteiger partial charge in [0.2, 0.25) is 23.7 Å². The molecule has 0 saturated carbocycles. The minimum atomic E-state index is -1.24. The minimum absolute atomic E-state index is 0. The molecule has 418 valence electrons. The van der Waals surface area contributed by atoms with Gasteiger partial charge in [0.1, 0.15) is 33.7 Å². The third-order valence-electron chi connectivity index (χ3n) is 13.0. The van der Waals surface area contributed by atoms with Crippen LogP contribution in [0.15, 0.2) is 83.8 Å². The van der Waals surface area contributed by atoms with Gasteiger partial charge in [0.15, 0.2) is 44.3 Å². The lowest BCUT2D eigenvalue weighted by Gasteiger charge is -2.32. The Morgan fingerprint density at radius 3 is 1.39 bits per heavy atom. The van der Waals surface area contributed by atoms with Gasteiger partial charge in [0.25, 0.3) is 0 Å². The number of hydrogen-bond acceptors (Lipinski definition) is 23. The largest absolute Gasteiger partial charge is 0.507 e. The Bertz CT molecular complexity index is 3570. The van der Waals surface area contributed by atoms with Crippen LogP contribution in [0.5, 0.6) is 34.5 Å². The van der Waals surface area contributed by atoms with Crippen LogP contribution in [-0.2, 0) is 14.3 Å². The molecule has 8 aromatic rings. The molecule has 0 aliphatic carbocycles. The molecule has 7 N–H and O–H groups in total. The second-order valence-corrected chi connectivity index (χ2v) is 19.6. The van der Waals surface area contributed by atoms with Crippen molar-refractivity contribution in [1.82, 2.24) is 29.9 Å². The van der Waals surface area contributed by atoms with Crippen molar-refractivity contribution in [3.05, 3.63) is 94.9 Å².